The first-order chi connectivity index (χ1) is 30.9. The van der Waals surface area contributed by atoms with Crippen molar-refractivity contribution >= 4 is 11.0 Å². The summed E-state index contributed by atoms with van der Waals surface area (Å²) in [6.07, 6.45) is 2.89. The maximum Gasteiger partial charge on any atom is 0.148 e. The summed E-state index contributed by atoms with van der Waals surface area (Å²) in [6, 6.07) is 59.9. The second-order valence-corrected chi connectivity index (χ2v) is 18.5. The van der Waals surface area contributed by atoms with Gasteiger partial charge < -0.3 is 5.11 Å². The van der Waals surface area contributed by atoms with Crippen molar-refractivity contribution in [1.29, 1.82) is 0 Å². The Kier molecular flexibility index (Phi) is 13.0. The van der Waals surface area contributed by atoms with Crippen molar-refractivity contribution in [3.8, 4) is 78.6 Å². The van der Waals surface area contributed by atoms with Gasteiger partial charge in [-0.15, -0.1) is 23.8 Å². The molecule has 0 spiro atoms. The van der Waals surface area contributed by atoms with E-state index in [1.807, 2.05) is 6.20 Å². The molecule has 4 nitrogen and oxygen atoms in total. The number of aryl methyl sites for hydroxylation is 1. The van der Waals surface area contributed by atoms with Crippen LogP contribution in [-0.2, 0) is 26.5 Å². The fourth-order valence-corrected chi connectivity index (χ4v) is 8.72. The van der Waals surface area contributed by atoms with Crippen LogP contribution in [0.5, 0.6) is 5.75 Å². The van der Waals surface area contributed by atoms with Gasteiger partial charge in [0.05, 0.1) is 22.3 Å². The van der Waals surface area contributed by atoms with E-state index in [1.54, 1.807) is 0 Å². The Morgan fingerprint density at radius 2 is 1.29 bits per heavy atom. The SMILES string of the molecule is CCC(C)(C)c1ccc(-n2c(-c3cc(C(C)C)cc(C(C)C)c3O)nc3c(-c4[c-]c(-c5cc(-c6ccc(C)cc6)ccn5)cc(-c5ccccc5)c4)cccc32)c(-c2ccccc2)c1.[Pt]. The molecular weight excluding hydrogens is 974 g/mol. The van der Waals surface area contributed by atoms with Gasteiger partial charge >= 0.3 is 0 Å². The zero-order valence-electron chi connectivity index (χ0n) is 38.6. The predicted molar refractivity (Wildman–Crippen MR) is 268 cm³/mol. The zero-order valence-corrected chi connectivity index (χ0v) is 40.8. The Hall–Kier alpha value is -6.35. The number of aromatic nitrogens is 3. The van der Waals surface area contributed by atoms with E-state index in [4.69, 9.17) is 9.97 Å². The van der Waals surface area contributed by atoms with E-state index in [0.717, 1.165) is 90.0 Å². The molecule has 0 amide bonds. The van der Waals surface area contributed by atoms with E-state index >= 15 is 0 Å². The standard InChI is InChI=1S/C60H56N3O.Pt/c1-9-60(7,8)49-27-28-55(52(37-49)43-19-14-11-15-20-43)63-56-22-16-21-50(57(56)62-59(63)53-35-45(38(2)3)34-51(39(4)5)58(53)64)47-31-46(41-17-12-10-13-18-41)32-48(33-47)54-36-44(29-30-61-54)42-25-23-40(6)24-26-42;/h10-32,34-39,64H,9H2,1-8H3;/q-1;. The molecule has 0 atom stereocenters. The first-order valence-corrected chi connectivity index (χ1v) is 22.7. The van der Waals surface area contributed by atoms with Crippen LogP contribution in [-0.4, -0.2) is 19.6 Å². The molecule has 0 unspecified atom stereocenters. The second kappa shape index (κ2) is 18.6. The first-order valence-electron chi connectivity index (χ1n) is 22.7. The summed E-state index contributed by atoms with van der Waals surface area (Å²) in [4.78, 5) is 10.6. The van der Waals surface area contributed by atoms with Gasteiger partial charge in [-0.1, -0.05) is 186 Å². The summed E-state index contributed by atoms with van der Waals surface area (Å²) in [5, 5.41) is 12.3. The van der Waals surface area contributed by atoms with E-state index in [9.17, 15) is 5.11 Å². The summed E-state index contributed by atoms with van der Waals surface area (Å²) in [5.41, 5.74) is 18.2. The average Bonchev–Trinajstić information content (AvgIpc) is 3.71. The largest absolute Gasteiger partial charge is 0.507 e. The van der Waals surface area contributed by atoms with E-state index in [1.165, 1.54) is 11.1 Å². The van der Waals surface area contributed by atoms with Gasteiger partial charge in [-0.2, -0.15) is 0 Å². The Bertz CT molecular complexity index is 3130. The summed E-state index contributed by atoms with van der Waals surface area (Å²) >= 11 is 0. The number of imidazole rings is 1. The molecule has 9 aromatic rings. The topological polar surface area (TPSA) is 50.9 Å². The number of phenols is 1. The second-order valence-electron chi connectivity index (χ2n) is 18.5. The number of hydrogen-bond acceptors (Lipinski definition) is 3. The predicted octanol–water partition coefficient (Wildman–Crippen LogP) is 16.2. The summed E-state index contributed by atoms with van der Waals surface area (Å²) in [5.74, 6) is 1.30. The van der Waals surface area contributed by atoms with E-state index in [0.29, 0.717) is 11.4 Å². The van der Waals surface area contributed by atoms with Crippen molar-refractivity contribution in [3.05, 3.63) is 192 Å². The third-order valence-electron chi connectivity index (χ3n) is 13.1. The van der Waals surface area contributed by atoms with Crippen LogP contribution in [0.3, 0.4) is 0 Å². The Morgan fingerprint density at radius 1 is 0.615 bits per heavy atom. The molecule has 2 aromatic heterocycles. The van der Waals surface area contributed by atoms with Crippen LogP contribution in [0.15, 0.2) is 164 Å². The third kappa shape index (κ3) is 8.90. The van der Waals surface area contributed by atoms with Crippen LogP contribution in [0.4, 0.5) is 0 Å². The molecule has 0 saturated heterocycles. The van der Waals surface area contributed by atoms with E-state index < -0.39 is 0 Å². The Labute approximate surface area is 399 Å². The molecule has 7 aromatic carbocycles. The number of hydrogen-bond donors (Lipinski definition) is 1. The monoisotopic (exact) mass is 1030 g/mol. The Morgan fingerprint density at radius 3 is 1.97 bits per heavy atom. The number of aromatic hydroxyl groups is 1. The minimum absolute atomic E-state index is 0. The maximum atomic E-state index is 12.3. The van der Waals surface area contributed by atoms with Gasteiger partial charge in [-0.05, 0) is 99.9 Å². The fourth-order valence-electron chi connectivity index (χ4n) is 8.72. The number of nitrogens with zero attached hydrogens (tertiary/aromatic N) is 3. The molecule has 2 heterocycles. The van der Waals surface area contributed by atoms with Gasteiger partial charge in [0.15, 0.2) is 0 Å². The minimum Gasteiger partial charge on any atom is -0.507 e. The average molecular weight is 1030 g/mol. The number of fused-ring (bicyclic) bond motifs is 1. The van der Waals surface area contributed by atoms with Crippen molar-refractivity contribution in [2.75, 3.05) is 0 Å². The number of rotatable bonds is 11. The van der Waals surface area contributed by atoms with Gasteiger partial charge in [-0.25, -0.2) is 4.98 Å². The van der Waals surface area contributed by atoms with Crippen molar-refractivity contribution in [3.63, 3.8) is 0 Å². The summed E-state index contributed by atoms with van der Waals surface area (Å²) in [6.45, 7) is 17.7. The fraction of sp³-hybridized carbons (Fsp3) is 0.200. The molecule has 1 N–H and O–H groups in total. The molecular formula is C60H56N3OPt-. The Balaban J connectivity index is 0.00000576. The maximum absolute atomic E-state index is 12.3. The van der Waals surface area contributed by atoms with Crippen molar-refractivity contribution < 1.29 is 26.2 Å². The van der Waals surface area contributed by atoms with Gasteiger partial charge in [0.2, 0.25) is 0 Å². The summed E-state index contributed by atoms with van der Waals surface area (Å²) < 4.78 is 2.28. The molecule has 0 radical (unpaired) electrons. The molecule has 0 aliphatic rings. The smallest absolute Gasteiger partial charge is 0.148 e. The van der Waals surface area contributed by atoms with Crippen molar-refractivity contribution in [2.24, 2.45) is 0 Å². The van der Waals surface area contributed by atoms with Crippen LogP contribution < -0.4 is 0 Å². The molecule has 328 valence electrons. The van der Waals surface area contributed by atoms with E-state index in [-0.39, 0.29) is 44.1 Å². The van der Waals surface area contributed by atoms with Crippen molar-refractivity contribution in [1.82, 2.24) is 14.5 Å². The molecule has 9 rings (SSSR count). The molecule has 0 fully saturated rings. The van der Waals surface area contributed by atoms with Crippen LogP contribution in [0.25, 0.3) is 83.9 Å². The molecule has 0 bridgehead atoms. The van der Waals surface area contributed by atoms with E-state index in [2.05, 4.69) is 224 Å². The molecule has 0 aliphatic heterocycles. The van der Waals surface area contributed by atoms with Crippen molar-refractivity contribution in [2.45, 2.75) is 79.1 Å². The third-order valence-corrected chi connectivity index (χ3v) is 13.1. The van der Waals surface area contributed by atoms with Crippen LogP contribution in [0.2, 0.25) is 0 Å². The van der Waals surface area contributed by atoms with Crippen LogP contribution in [0.1, 0.15) is 89.0 Å². The number of para-hydroxylation sites is 1. The minimum atomic E-state index is -0.0308. The molecule has 65 heavy (non-hydrogen) atoms. The van der Waals surface area contributed by atoms with Gasteiger partial charge in [0.1, 0.15) is 11.6 Å². The normalized spacial score (nSPS) is 11.7. The first kappa shape index (κ1) is 45.2. The van der Waals surface area contributed by atoms with Gasteiger partial charge in [0, 0.05) is 38.5 Å². The molecule has 0 aliphatic carbocycles. The van der Waals surface area contributed by atoms with Gasteiger partial charge in [0.25, 0.3) is 0 Å². The number of pyridine rings is 1. The van der Waals surface area contributed by atoms with Crippen LogP contribution in [0, 0.1) is 13.0 Å². The molecule has 0 saturated carbocycles. The zero-order chi connectivity index (χ0) is 44.7. The number of phenolic OH excluding ortho intramolecular Hbond substituents is 1. The van der Waals surface area contributed by atoms with Crippen LogP contribution >= 0.6 is 0 Å². The molecule has 5 heteroatoms. The summed E-state index contributed by atoms with van der Waals surface area (Å²) in [7, 11) is 0. The van der Waals surface area contributed by atoms with Gasteiger partial charge in [-0.3, -0.25) is 9.55 Å². The number of benzene rings is 7. The quantitative estimate of drug-likeness (QED) is 0.131.